The number of para-hydroxylation sites is 1. The lowest BCUT2D eigenvalue weighted by Crippen LogP contribution is -2.51. The van der Waals surface area contributed by atoms with Crippen molar-refractivity contribution in [3.63, 3.8) is 0 Å². The first-order chi connectivity index (χ1) is 12.7. The molecule has 2 aliphatic heterocycles. The maximum atomic E-state index is 12.3. The quantitative estimate of drug-likeness (QED) is 0.657. The van der Waals surface area contributed by atoms with Crippen LogP contribution in [0, 0.1) is 0 Å². The number of rotatable bonds is 6. The van der Waals surface area contributed by atoms with Gasteiger partial charge in [0.15, 0.2) is 0 Å². The zero-order valence-corrected chi connectivity index (χ0v) is 17.6. The smallest absolute Gasteiger partial charge is 0.239 e. The van der Waals surface area contributed by atoms with Gasteiger partial charge in [0.1, 0.15) is 6.04 Å². The van der Waals surface area contributed by atoms with Crippen molar-refractivity contribution in [3.8, 4) is 0 Å². The van der Waals surface area contributed by atoms with Gasteiger partial charge in [-0.05, 0) is 18.6 Å². The number of halogens is 2. The van der Waals surface area contributed by atoms with Crippen molar-refractivity contribution in [1.82, 2.24) is 15.5 Å². The standard InChI is InChI=1S/C19H28N4O3.2ClH/c24-18(7-4-8-21-19(25)17-15-26-14-9-20-17)23-12-10-22(11-13-23)16-5-2-1-3-6-16;;/h1-3,5-6,17,20H,4,7-15H2,(H,21,25);2*1H. The molecular formula is C19H30Cl2N4O3. The van der Waals surface area contributed by atoms with Crippen molar-refractivity contribution >= 4 is 42.3 Å². The predicted molar refractivity (Wildman–Crippen MR) is 115 cm³/mol. The van der Waals surface area contributed by atoms with Gasteiger partial charge in [0.25, 0.3) is 0 Å². The van der Waals surface area contributed by atoms with Crippen LogP contribution in [0.25, 0.3) is 0 Å². The van der Waals surface area contributed by atoms with E-state index in [9.17, 15) is 9.59 Å². The molecule has 0 spiro atoms. The molecule has 1 atom stereocenters. The monoisotopic (exact) mass is 432 g/mol. The highest BCUT2D eigenvalue weighted by Gasteiger charge is 2.22. The zero-order valence-electron chi connectivity index (χ0n) is 16.0. The Labute approximate surface area is 179 Å². The molecule has 0 aromatic heterocycles. The fourth-order valence-corrected chi connectivity index (χ4v) is 3.32. The summed E-state index contributed by atoms with van der Waals surface area (Å²) in [6.45, 7) is 5.51. The molecule has 0 aliphatic carbocycles. The zero-order chi connectivity index (χ0) is 18.2. The number of nitrogens with one attached hydrogen (secondary N) is 2. The van der Waals surface area contributed by atoms with Gasteiger partial charge in [-0.25, -0.2) is 0 Å². The Morgan fingerprint density at radius 1 is 1.11 bits per heavy atom. The molecule has 1 aromatic carbocycles. The van der Waals surface area contributed by atoms with Crippen LogP contribution in [0.5, 0.6) is 0 Å². The minimum Gasteiger partial charge on any atom is -0.378 e. The Hall–Kier alpha value is -1.54. The summed E-state index contributed by atoms with van der Waals surface area (Å²) in [5, 5.41) is 6.00. The second kappa shape index (κ2) is 12.8. The molecule has 0 bridgehead atoms. The van der Waals surface area contributed by atoms with E-state index < -0.39 is 0 Å². The first kappa shape index (κ1) is 24.5. The number of ether oxygens (including phenoxy) is 1. The molecule has 3 rings (SSSR count). The van der Waals surface area contributed by atoms with Gasteiger partial charge in [0.05, 0.1) is 13.2 Å². The maximum absolute atomic E-state index is 12.3. The Morgan fingerprint density at radius 3 is 2.46 bits per heavy atom. The third kappa shape index (κ3) is 7.13. The maximum Gasteiger partial charge on any atom is 0.239 e. The molecule has 1 unspecified atom stereocenters. The van der Waals surface area contributed by atoms with E-state index in [0.717, 1.165) is 26.2 Å². The highest BCUT2D eigenvalue weighted by Crippen LogP contribution is 2.16. The molecule has 2 N–H and O–H groups in total. The number of piperazine rings is 1. The van der Waals surface area contributed by atoms with Crippen molar-refractivity contribution in [2.45, 2.75) is 18.9 Å². The van der Waals surface area contributed by atoms with Crippen LogP contribution in [-0.4, -0.2) is 75.2 Å². The van der Waals surface area contributed by atoms with E-state index in [1.54, 1.807) is 0 Å². The summed E-state index contributed by atoms with van der Waals surface area (Å²) in [5.74, 6) is 0.125. The van der Waals surface area contributed by atoms with Crippen LogP contribution in [0.1, 0.15) is 12.8 Å². The number of hydrogen-bond acceptors (Lipinski definition) is 5. The molecule has 0 radical (unpaired) electrons. The van der Waals surface area contributed by atoms with Gasteiger partial charge >= 0.3 is 0 Å². The average Bonchev–Trinajstić information content (AvgIpc) is 2.72. The third-order valence-electron chi connectivity index (χ3n) is 4.86. The highest BCUT2D eigenvalue weighted by molar-refractivity contribution is 5.85. The number of benzene rings is 1. The number of carbonyl (C=O) groups is 2. The lowest BCUT2D eigenvalue weighted by atomic mass is 10.2. The Kier molecular flexibility index (Phi) is 11.2. The van der Waals surface area contributed by atoms with Crippen molar-refractivity contribution < 1.29 is 14.3 Å². The summed E-state index contributed by atoms with van der Waals surface area (Å²) in [7, 11) is 0. The predicted octanol–water partition coefficient (Wildman–Crippen LogP) is 1.06. The first-order valence-corrected chi connectivity index (χ1v) is 9.40. The van der Waals surface area contributed by atoms with Crippen LogP contribution in [0.2, 0.25) is 0 Å². The van der Waals surface area contributed by atoms with Gasteiger partial charge in [-0.3, -0.25) is 9.59 Å². The largest absolute Gasteiger partial charge is 0.378 e. The van der Waals surface area contributed by atoms with Crippen LogP contribution < -0.4 is 15.5 Å². The molecule has 158 valence electrons. The fraction of sp³-hybridized carbons (Fsp3) is 0.579. The topological polar surface area (TPSA) is 73.9 Å². The van der Waals surface area contributed by atoms with Gasteiger partial charge < -0.3 is 25.2 Å². The lowest BCUT2D eigenvalue weighted by molar-refractivity contribution is -0.132. The van der Waals surface area contributed by atoms with Gasteiger partial charge in [-0.1, -0.05) is 18.2 Å². The van der Waals surface area contributed by atoms with Crippen LogP contribution in [0.4, 0.5) is 5.69 Å². The minimum absolute atomic E-state index is 0. The van der Waals surface area contributed by atoms with E-state index in [0.29, 0.717) is 39.1 Å². The average molecular weight is 433 g/mol. The SMILES string of the molecule is Cl.Cl.O=C(NCCCC(=O)N1CCN(c2ccccc2)CC1)C1COCCN1. The number of amides is 2. The number of carbonyl (C=O) groups excluding carboxylic acids is 2. The van der Waals surface area contributed by atoms with Crippen LogP contribution >= 0.6 is 24.8 Å². The Morgan fingerprint density at radius 2 is 1.82 bits per heavy atom. The van der Waals surface area contributed by atoms with Crippen molar-refractivity contribution in [2.75, 3.05) is 57.4 Å². The second-order valence-corrected chi connectivity index (χ2v) is 6.68. The van der Waals surface area contributed by atoms with Gasteiger partial charge in [0, 0.05) is 51.4 Å². The lowest BCUT2D eigenvalue weighted by Gasteiger charge is -2.36. The molecule has 28 heavy (non-hydrogen) atoms. The van der Waals surface area contributed by atoms with Gasteiger partial charge in [-0.15, -0.1) is 24.8 Å². The number of morpholine rings is 1. The first-order valence-electron chi connectivity index (χ1n) is 9.40. The van der Waals surface area contributed by atoms with Crippen LogP contribution in [-0.2, 0) is 14.3 Å². The van der Waals surface area contributed by atoms with Crippen molar-refractivity contribution in [2.24, 2.45) is 0 Å². The van der Waals surface area contributed by atoms with E-state index in [1.807, 2.05) is 23.1 Å². The number of hydrogen-bond donors (Lipinski definition) is 2. The molecule has 7 nitrogen and oxygen atoms in total. The third-order valence-corrected chi connectivity index (χ3v) is 4.86. The second-order valence-electron chi connectivity index (χ2n) is 6.68. The molecule has 2 amide bonds. The summed E-state index contributed by atoms with van der Waals surface area (Å²) in [6, 6.07) is 10.0. The molecule has 2 aliphatic rings. The van der Waals surface area contributed by atoms with E-state index in [2.05, 4.69) is 27.7 Å². The normalized spacial score (nSPS) is 19.2. The number of anilines is 1. The molecule has 0 saturated carbocycles. The van der Waals surface area contributed by atoms with Gasteiger partial charge in [-0.2, -0.15) is 0 Å². The van der Waals surface area contributed by atoms with E-state index >= 15 is 0 Å². The van der Waals surface area contributed by atoms with Crippen LogP contribution in [0.15, 0.2) is 30.3 Å². The summed E-state index contributed by atoms with van der Waals surface area (Å²) in [5.41, 5.74) is 1.21. The Balaban J connectivity index is 0.00000196. The number of nitrogens with zero attached hydrogens (tertiary/aromatic N) is 2. The van der Waals surface area contributed by atoms with Crippen molar-refractivity contribution in [1.29, 1.82) is 0 Å². The Bertz CT molecular complexity index is 592. The van der Waals surface area contributed by atoms with E-state index in [4.69, 9.17) is 4.74 Å². The highest BCUT2D eigenvalue weighted by atomic mass is 35.5. The molecule has 2 saturated heterocycles. The summed E-state index contributed by atoms with van der Waals surface area (Å²) in [4.78, 5) is 28.5. The molecule has 1 aromatic rings. The van der Waals surface area contributed by atoms with E-state index in [1.165, 1.54) is 5.69 Å². The summed E-state index contributed by atoms with van der Waals surface area (Å²) >= 11 is 0. The van der Waals surface area contributed by atoms with Gasteiger partial charge in [0.2, 0.25) is 11.8 Å². The molecule has 9 heteroatoms. The van der Waals surface area contributed by atoms with Crippen molar-refractivity contribution in [3.05, 3.63) is 30.3 Å². The molecular weight excluding hydrogens is 403 g/mol. The van der Waals surface area contributed by atoms with E-state index in [-0.39, 0.29) is 42.7 Å². The minimum atomic E-state index is -0.273. The molecule has 2 fully saturated rings. The summed E-state index contributed by atoms with van der Waals surface area (Å²) in [6.07, 6.45) is 1.14. The van der Waals surface area contributed by atoms with Crippen LogP contribution in [0.3, 0.4) is 0 Å². The fourth-order valence-electron chi connectivity index (χ4n) is 3.32. The summed E-state index contributed by atoms with van der Waals surface area (Å²) < 4.78 is 5.28. The molecule has 2 heterocycles.